The summed E-state index contributed by atoms with van der Waals surface area (Å²) in [6, 6.07) is 5.49. The summed E-state index contributed by atoms with van der Waals surface area (Å²) in [5, 5.41) is 88.7. The van der Waals surface area contributed by atoms with Crippen LogP contribution in [0, 0.1) is 34.1 Å². The van der Waals surface area contributed by atoms with Crippen LogP contribution in [-0.4, -0.2) is 283 Å². The van der Waals surface area contributed by atoms with Crippen molar-refractivity contribution in [2.24, 2.45) is 28.0 Å². The highest BCUT2D eigenvalue weighted by Crippen LogP contribution is 2.44. The van der Waals surface area contributed by atoms with Gasteiger partial charge < -0.3 is 124 Å². The lowest BCUT2D eigenvalue weighted by Gasteiger charge is -2.41. The van der Waals surface area contributed by atoms with E-state index in [4.69, 9.17) is 22.0 Å². The van der Waals surface area contributed by atoms with E-state index < -0.39 is 373 Å². The maximum Gasteiger partial charge on any atom is 0.333 e. The molecule has 1 aliphatic rings. The van der Waals surface area contributed by atoms with Gasteiger partial charge in [0.25, 0.3) is 11.8 Å². The predicted octanol–water partition coefficient (Wildman–Crippen LogP) is 1.62. The third kappa shape index (κ3) is 36.9. The van der Waals surface area contributed by atoms with E-state index in [1.54, 1.807) is 111 Å². The molecular formula is C99H123F4N17O30. The van der Waals surface area contributed by atoms with Gasteiger partial charge in [0.1, 0.15) is 84.8 Å². The molecule has 16 amide bonds. The fraction of sp³-hybridized carbons (Fsp3) is 0.455. The lowest BCUT2D eigenvalue weighted by Crippen LogP contribution is -2.62. The number of benzene rings is 4. The molecule has 4 aromatic carbocycles. The van der Waals surface area contributed by atoms with Gasteiger partial charge in [-0.3, -0.25) is 86.3 Å². The van der Waals surface area contributed by atoms with E-state index in [0.29, 0.717) is 11.1 Å². The highest BCUT2D eigenvalue weighted by molar-refractivity contribution is 6.02. The van der Waals surface area contributed by atoms with Crippen molar-refractivity contribution in [1.29, 1.82) is 0 Å². The summed E-state index contributed by atoms with van der Waals surface area (Å²) in [6.07, 6.45) is -13.2. The number of aliphatic carboxylic acids is 5. The van der Waals surface area contributed by atoms with Crippen molar-refractivity contribution in [3.05, 3.63) is 167 Å². The first kappa shape index (κ1) is 121. The number of nitrogens with two attached hydrogens (primary N) is 3. The molecule has 0 aliphatic carbocycles. The Morgan fingerprint density at radius 3 is 1.19 bits per heavy atom. The molecular weight excluding hydrogens is 1980 g/mol. The number of halogens is 4. The second-order valence-corrected chi connectivity index (χ2v) is 37.5. The lowest BCUT2D eigenvalue weighted by atomic mass is 9.82. The van der Waals surface area contributed by atoms with Gasteiger partial charge in [-0.25, -0.2) is 36.7 Å². The van der Waals surface area contributed by atoms with E-state index in [1.807, 2.05) is 0 Å². The van der Waals surface area contributed by atoms with Crippen molar-refractivity contribution in [3.8, 4) is 22.3 Å². The van der Waals surface area contributed by atoms with Crippen LogP contribution in [0.2, 0.25) is 0 Å². The van der Waals surface area contributed by atoms with E-state index in [2.05, 4.69) is 42.5 Å². The maximum absolute atomic E-state index is 15.9. The predicted molar refractivity (Wildman–Crippen MR) is 516 cm³/mol. The van der Waals surface area contributed by atoms with Gasteiger partial charge in [-0.05, 0) is 115 Å². The van der Waals surface area contributed by atoms with Crippen molar-refractivity contribution in [1.82, 2.24) is 71.4 Å². The monoisotopic (exact) mass is 2110 g/mol. The van der Waals surface area contributed by atoms with Gasteiger partial charge in [0.2, 0.25) is 82.7 Å². The summed E-state index contributed by atoms with van der Waals surface area (Å²) in [5.41, 5.74) is 16.2. The van der Waals surface area contributed by atoms with E-state index in [0.717, 1.165) is 46.2 Å². The Hall–Kier alpha value is -16.4. The number of hydrogen-bond acceptors (Lipinski definition) is 25. The minimum Gasteiger partial charge on any atom is -0.481 e. The fourth-order valence-electron chi connectivity index (χ4n) is 16.8. The summed E-state index contributed by atoms with van der Waals surface area (Å²) >= 11 is 0. The first-order valence-corrected chi connectivity index (χ1v) is 47.5. The van der Waals surface area contributed by atoms with Gasteiger partial charge in [0.15, 0.2) is 0 Å². The molecule has 0 radical (unpaired) electrons. The summed E-state index contributed by atoms with van der Waals surface area (Å²) < 4.78 is 64.9. The smallest absolute Gasteiger partial charge is 0.333 e. The Morgan fingerprint density at radius 1 is 0.407 bits per heavy atom. The van der Waals surface area contributed by atoms with Gasteiger partial charge in [0.05, 0.1) is 24.9 Å². The highest BCUT2D eigenvalue weighted by Gasteiger charge is 2.46. The average Bonchev–Trinajstić information content (AvgIpc) is 1.62. The molecule has 150 heavy (non-hydrogen) atoms. The molecule has 7 rings (SSSR count). The number of aliphatic hydroxyl groups excluding tert-OH is 2. The number of imide groups is 1. The number of carbonyl (C=O) groups is 22. The second-order valence-electron chi connectivity index (χ2n) is 37.5. The summed E-state index contributed by atoms with van der Waals surface area (Å²) in [7, 11) is 0. The van der Waals surface area contributed by atoms with Crippen LogP contribution in [0.5, 0.6) is 0 Å². The lowest BCUT2D eigenvalue weighted by molar-refractivity contribution is -0.197. The van der Waals surface area contributed by atoms with Crippen LogP contribution < -0.4 is 59.7 Å². The topological polar surface area (TPSA) is 724 Å². The largest absolute Gasteiger partial charge is 0.481 e. The standard InChI is InChI=1S/C99H123F4N17O30/c1-98(2,3)88(71-42-56(60-44-58(100)20-22-62(60)102)50-115(71)48-54-14-9-7-10-15-54)117(83(132)52-121)40-36-64(90(139)107-38-34-78(127)109-66(95(144)145)25-32-85(134)135)112-92(141)69(46-75(105)124)111-77(126)29-24-68(97(148)149)114-93(142)70(27-28-74(104)123)119(80(129)18-13-19-87(138)150-120-81(130)30-31-82(120)131)73(47-76(106)125)94(143)113-65(91(140)108-39-35-79(128)110-67(96(146)147)26-33-86(136)137)37-41-118(84(133)53-122)89(99(4,5)6)72-43-57(61-45-59(101)21-23-63(61)103)51-116(72)49-55-16-11-8-12-17-55/h7-12,14-17,20-23,42-45,50-51,64-70,73,88-89,121-122H,13,18-19,24-41,46-49,52-53H2,1-6H3,(H2,104,123)(H2,105,124)(H2,106,125)(H,107,139)(H,108,140)(H,109,127)(H,110,128)(H,111,126)(H,112,141)(H,113,143)(H,114,142)(H,134,135)(H,136,137)(H,144,145)(H,146,147)(H,148,149)/t64-,65-,66+,67+,68-,69-,70-,73-,88-,89-/m0/s1. The van der Waals surface area contributed by atoms with Crippen LogP contribution in [0.4, 0.5) is 17.6 Å². The molecule has 0 bridgehead atoms. The Labute approximate surface area is 855 Å². The molecule has 812 valence electrons. The molecule has 47 nitrogen and oxygen atoms in total. The third-order valence-electron chi connectivity index (χ3n) is 23.8. The minimum atomic E-state index is -2.61. The number of nitrogens with one attached hydrogen (secondary N) is 8. The van der Waals surface area contributed by atoms with Crippen LogP contribution in [-0.2, 0) is 123 Å². The van der Waals surface area contributed by atoms with E-state index >= 15 is 32.3 Å². The zero-order valence-corrected chi connectivity index (χ0v) is 82.9. The molecule has 0 saturated carbocycles. The molecule has 6 aromatic rings. The van der Waals surface area contributed by atoms with Gasteiger partial charge in [-0.1, -0.05) is 102 Å². The number of rotatable bonds is 61. The molecule has 2 aromatic heterocycles. The summed E-state index contributed by atoms with van der Waals surface area (Å²) in [4.78, 5) is 308. The second kappa shape index (κ2) is 56.5. The number of hydroxylamine groups is 2. The Bertz CT molecular complexity index is 5940. The highest BCUT2D eigenvalue weighted by atomic mass is 19.1. The minimum absolute atomic E-state index is 0.0224. The molecule has 51 heteroatoms. The molecule has 10 atom stereocenters. The molecule has 1 saturated heterocycles. The van der Waals surface area contributed by atoms with Gasteiger partial charge in [0, 0.05) is 150 Å². The number of carboxylic acid groups (broad SMARTS) is 5. The Kier molecular flexibility index (Phi) is 45.4. The van der Waals surface area contributed by atoms with Crippen molar-refractivity contribution >= 4 is 130 Å². The molecule has 1 fully saturated rings. The number of hydrogen-bond donors (Lipinski definition) is 18. The van der Waals surface area contributed by atoms with Gasteiger partial charge in [-0.2, -0.15) is 0 Å². The molecule has 1 aliphatic heterocycles. The molecule has 3 heterocycles. The summed E-state index contributed by atoms with van der Waals surface area (Å²) in [5.74, 6) is -33.6. The van der Waals surface area contributed by atoms with Crippen LogP contribution in [0.15, 0.2) is 122 Å². The van der Waals surface area contributed by atoms with Crippen molar-refractivity contribution < 1.29 is 164 Å². The van der Waals surface area contributed by atoms with Gasteiger partial charge in [-0.15, -0.1) is 5.06 Å². The number of amides is 16. The number of carbonyl (C=O) groups excluding carboxylic acids is 17. The van der Waals surface area contributed by atoms with E-state index in [-0.39, 0.29) is 69.5 Å². The van der Waals surface area contributed by atoms with Crippen molar-refractivity contribution in [2.45, 2.75) is 237 Å². The van der Waals surface area contributed by atoms with Crippen LogP contribution in [0.25, 0.3) is 22.3 Å². The number of aromatic nitrogens is 2. The summed E-state index contributed by atoms with van der Waals surface area (Å²) in [6.45, 7) is 4.48. The first-order valence-electron chi connectivity index (χ1n) is 47.5. The first-order chi connectivity index (χ1) is 70.6. The Balaban J connectivity index is 1.28. The number of primary amides is 3. The zero-order chi connectivity index (χ0) is 111. The zero-order valence-electron chi connectivity index (χ0n) is 82.9. The SMILES string of the molecule is CC(C)(C)[C@H](c1cc(-c2cc(F)ccc2F)cn1Cc1ccccc1)N(CC[C@H](NC(=O)[C@H](CC(N)=O)NC(=O)CC[C@H](NC(=O)[C@H](CCC(N)=O)N(C(=O)CCCC(=O)ON1C(=O)CCC1=O)[C@@H](CC(N)=O)C(=O)N[C@@H](CCN(C(=O)CO)[C@@H](c1cc(-c2cc(F)ccc2F)cn1Cc1ccccc1)C(C)(C)C)C(=O)NCCC(=O)N[C@H](CCC(=O)O)C(=O)O)C(=O)O)C(=O)NCCC(=O)N[C@H](CCC(=O)O)C(=O)O)C(=O)CO. The molecule has 21 N–H and O–H groups in total. The van der Waals surface area contributed by atoms with E-state index in [1.165, 1.54) is 24.5 Å². The molecule has 0 spiro atoms. The fourth-order valence-corrected chi connectivity index (χ4v) is 16.8. The molecule has 0 unspecified atom stereocenters. The Morgan fingerprint density at radius 2 is 0.793 bits per heavy atom. The normalized spacial score (nSPS) is 13.9. The third-order valence-corrected chi connectivity index (χ3v) is 23.8. The van der Waals surface area contributed by atoms with Crippen LogP contribution in [0.3, 0.4) is 0 Å². The maximum atomic E-state index is 15.9. The van der Waals surface area contributed by atoms with Crippen molar-refractivity contribution in [3.63, 3.8) is 0 Å². The van der Waals surface area contributed by atoms with E-state index in [9.17, 15) is 126 Å². The number of aliphatic hydroxyl groups is 2. The number of carboxylic acids is 5. The van der Waals surface area contributed by atoms with Crippen molar-refractivity contribution in [2.75, 3.05) is 39.4 Å². The average molecular weight is 2110 g/mol. The number of nitrogens with zero attached hydrogens (tertiary/aromatic N) is 6. The van der Waals surface area contributed by atoms with Crippen LogP contribution >= 0.6 is 0 Å². The quantitative estimate of drug-likeness (QED) is 0.0190. The van der Waals surface area contributed by atoms with Gasteiger partial charge >= 0.3 is 35.8 Å². The van der Waals surface area contributed by atoms with Crippen LogP contribution in [0.1, 0.15) is 198 Å².